The largest absolute Gasteiger partial charge is 0.243 e. The number of halogens is 2. The molecule has 0 saturated heterocycles. The normalized spacial score (nSPS) is 11.4. The van der Waals surface area contributed by atoms with E-state index in [0.717, 1.165) is 5.56 Å². The molecule has 2 aromatic rings. The number of nitriles is 1. The summed E-state index contributed by atoms with van der Waals surface area (Å²) >= 11 is 11.8. The van der Waals surface area contributed by atoms with Crippen molar-refractivity contribution in [3.05, 3.63) is 63.6 Å². The van der Waals surface area contributed by atoms with Crippen molar-refractivity contribution in [2.75, 3.05) is 7.05 Å². The minimum atomic E-state index is -3.64. The first kappa shape index (κ1) is 16.8. The zero-order chi connectivity index (χ0) is 16.3. The molecule has 0 aliphatic heterocycles. The number of rotatable bonds is 4. The molecule has 0 radical (unpaired) electrons. The van der Waals surface area contributed by atoms with Gasteiger partial charge in [-0.25, -0.2) is 8.42 Å². The van der Waals surface area contributed by atoms with Crippen LogP contribution in [0.3, 0.4) is 0 Å². The Balaban J connectivity index is 2.24. The maximum Gasteiger partial charge on any atom is 0.243 e. The van der Waals surface area contributed by atoms with Gasteiger partial charge in [0.1, 0.15) is 0 Å². The van der Waals surface area contributed by atoms with Crippen molar-refractivity contribution in [2.45, 2.75) is 11.4 Å². The molecule has 0 aromatic heterocycles. The average molecular weight is 355 g/mol. The van der Waals surface area contributed by atoms with E-state index in [0.29, 0.717) is 15.6 Å². The summed E-state index contributed by atoms with van der Waals surface area (Å²) in [5.74, 6) is 0. The summed E-state index contributed by atoms with van der Waals surface area (Å²) in [6.45, 7) is 0.166. The van der Waals surface area contributed by atoms with Crippen LogP contribution < -0.4 is 0 Å². The molecule has 0 spiro atoms. The highest BCUT2D eigenvalue weighted by atomic mass is 35.5. The van der Waals surface area contributed by atoms with E-state index in [-0.39, 0.29) is 11.4 Å². The van der Waals surface area contributed by atoms with Crippen LogP contribution in [-0.4, -0.2) is 19.8 Å². The molecule has 114 valence electrons. The number of benzene rings is 2. The lowest BCUT2D eigenvalue weighted by molar-refractivity contribution is 0.467. The van der Waals surface area contributed by atoms with Gasteiger partial charge < -0.3 is 0 Å². The van der Waals surface area contributed by atoms with Crippen LogP contribution in [0.15, 0.2) is 47.4 Å². The van der Waals surface area contributed by atoms with Gasteiger partial charge in [0.25, 0.3) is 0 Å². The van der Waals surface area contributed by atoms with E-state index in [2.05, 4.69) is 0 Å². The van der Waals surface area contributed by atoms with Gasteiger partial charge >= 0.3 is 0 Å². The van der Waals surface area contributed by atoms with Crippen molar-refractivity contribution in [3.63, 3.8) is 0 Å². The van der Waals surface area contributed by atoms with Crippen molar-refractivity contribution in [1.82, 2.24) is 4.31 Å². The highest BCUT2D eigenvalue weighted by Gasteiger charge is 2.21. The predicted molar refractivity (Wildman–Crippen MR) is 86.3 cm³/mol. The van der Waals surface area contributed by atoms with Gasteiger partial charge in [-0.05, 0) is 42.0 Å². The fraction of sp³-hybridized carbons (Fsp3) is 0.133. The third-order valence-corrected chi connectivity index (χ3v) is 5.64. The number of hydrogen-bond acceptors (Lipinski definition) is 3. The van der Waals surface area contributed by atoms with E-state index in [1.165, 1.54) is 35.6 Å². The minimum Gasteiger partial charge on any atom is -0.207 e. The molecule has 2 rings (SSSR count). The minimum absolute atomic E-state index is 0.133. The summed E-state index contributed by atoms with van der Waals surface area (Å²) in [4.78, 5) is 0.133. The Labute approximate surface area is 139 Å². The van der Waals surface area contributed by atoms with Crippen molar-refractivity contribution in [2.24, 2.45) is 0 Å². The predicted octanol–water partition coefficient (Wildman–Crippen LogP) is 3.69. The zero-order valence-electron chi connectivity index (χ0n) is 11.6. The summed E-state index contributed by atoms with van der Waals surface area (Å²) in [6, 6.07) is 12.7. The lowest BCUT2D eigenvalue weighted by Gasteiger charge is -2.17. The topological polar surface area (TPSA) is 61.2 Å². The van der Waals surface area contributed by atoms with Crippen LogP contribution in [-0.2, 0) is 16.6 Å². The second kappa shape index (κ2) is 6.67. The third kappa shape index (κ3) is 3.60. The molecule has 2 aromatic carbocycles. The van der Waals surface area contributed by atoms with Crippen LogP contribution in [0.25, 0.3) is 0 Å². The van der Waals surface area contributed by atoms with Gasteiger partial charge in [0, 0.05) is 13.6 Å². The Morgan fingerprint density at radius 3 is 2.27 bits per heavy atom. The first-order valence-corrected chi connectivity index (χ1v) is 8.44. The van der Waals surface area contributed by atoms with Gasteiger partial charge in [-0.15, -0.1) is 0 Å². The monoisotopic (exact) mass is 354 g/mol. The Morgan fingerprint density at radius 1 is 1.09 bits per heavy atom. The maximum absolute atomic E-state index is 12.5. The Morgan fingerprint density at radius 2 is 1.73 bits per heavy atom. The van der Waals surface area contributed by atoms with Gasteiger partial charge in [-0.1, -0.05) is 29.3 Å². The van der Waals surface area contributed by atoms with Crippen molar-refractivity contribution in [3.8, 4) is 6.07 Å². The van der Waals surface area contributed by atoms with Crippen LogP contribution in [0.4, 0.5) is 0 Å². The molecule has 4 nitrogen and oxygen atoms in total. The molecule has 0 atom stereocenters. The van der Waals surface area contributed by atoms with Gasteiger partial charge in [0.2, 0.25) is 10.0 Å². The molecular weight excluding hydrogens is 343 g/mol. The van der Waals surface area contributed by atoms with E-state index >= 15 is 0 Å². The number of sulfonamides is 1. The third-order valence-electron chi connectivity index (χ3n) is 3.08. The van der Waals surface area contributed by atoms with Gasteiger partial charge in [-0.3, -0.25) is 0 Å². The Kier molecular flexibility index (Phi) is 5.09. The molecule has 0 amide bonds. The van der Waals surface area contributed by atoms with Crippen molar-refractivity contribution >= 4 is 33.2 Å². The molecule has 0 bridgehead atoms. The molecule has 0 saturated carbocycles. The SMILES string of the molecule is CN(Cc1ccc(Cl)c(Cl)c1)S(=O)(=O)c1ccc(C#N)cc1. The van der Waals surface area contributed by atoms with E-state index in [1.807, 2.05) is 6.07 Å². The molecular formula is C15H12Cl2N2O2S. The van der Waals surface area contributed by atoms with Crippen LogP contribution >= 0.6 is 23.2 Å². The van der Waals surface area contributed by atoms with Crippen molar-refractivity contribution < 1.29 is 8.42 Å². The fourth-order valence-electron chi connectivity index (χ4n) is 1.86. The molecule has 0 aliphatic carbocycles. The lowest BCUT2D eigenvalue weighted by atomic mass is 10.2. The molecule has 0 unspecified atom stereocenters. The lowest BCUT2D eigenvalue weighted by Crippen LogP contribution is -2.26. The molecule has 0 aliphatic rings. The summed E-state index contributed by atoms with van der Waals surface area (Å²) < 4.78 is 26.2. The van der Waals surface area contributed by atoms with Crippen LogP contribution in [0, 0.1) is 11.3 Å². The van der Waals surface area contributed by atoms with Gasteiger partial charge in [-0.2, -0.15) is 9.57 Å². The van der Waals surface area contributed by atoms with E-state index in [4.69, 9.17) is 28.5 Å². The number of hydrogen-bond donors (Lipinski definition) is 0. The molecule has 22 heavy (non-hydrogen) atoms. The van der Waals surface area contributed by atoms with Crippen molar-refractivity contribution in [1.29, 1.82) is 5.26 Å². The van der Waals surface area contributed by atoms with Gasteiger partial charge in [0.15, 0.2) is 0 Å². The summed E-state index contributed by atoms with van der Waals surface area (Å²) in [5.41, 5.74) is 1.14. The number of nitrogens with zero attached hydrogens (tertiary/aromatic N) is 2. The van der Waals surface area contributed by atoms with Crippen LogP contribution in [0.5, 0.6) is 0 Å². The Bertz CT molecular complexity index is 828. The Hall–Kier alpha value is -1.58. The zero-order valence-corrected chi connectivity index (χ0v) is 14.0. The second-order valence-electron chi connectivity index (χ2n) is 4.65. The maximum atomic E-state index is 12.5. The highest BCUT2D eigenvalue weighted by molar-refractivity contribution is 7.89. The van der Waals surface area contributed by atoms with Gasteiger partial charge in [0.05, 0.1) is 26.6 Å². The highest BCUT2D eigenvalue weighted by Crippen LogP contribution is 2.24. The second-order valence-corrected chi connectivity index (χ2v) is 7.51. The summed E-state index contributed by atoms with van der Waals surface area (Å²) in [5, 5.41) is 9.55. The summed E-state index contributed by atoms with van der Waals surface area (Å²) in [7, 11) is -2.16. The first-order valence-electron chi connectivity index (χ1n) is 6.25. The molecule has 0 N–H and O–H groups in total. The molecule has 7 heteroatoms. The van der Waals surface area contributed by atoms with E-state index < -0.39 is 10.0 Å². The smallest absolute Gasteiger partial charge is 0.207 e. The summed E-state index contributed by atoms with van der Waals surface area (Å²) in [6.07, 6.45) is 0. The van der Waals surface area contributed by atoms with E-state index in [1.54, 1.807) is 18.2 Å². The van der Waals surface area contributed by atoms with E-state index in [9.17, 15) is 8.42 Å². The van der Waals surface area contributed by atoms with Crippen LogP contribution in [0.2, 0.25) is 10.0 Å². The molecule has 0 heterocycles. The standard InChI is InChI=1S/C15H12Cl2N2O2S/c1-19(10-12-4-7-14(16)15(17)8-12)22(20,21)13-5-2-11(9-18)3-6-13/h2-8H,10H2,1H3. The fourth-order valence-corrected chi connectivity index (χ4v) is 3.34. The first-order chi connectivity index (χ1) is 10.3. The average Bonchev–Trinajstić information content (AvgIpc) is 2.51. The quantitative estimate of drug-likeness (QED) is 0.840. The van der Waals surface area contributed by atoms with Crippen LogP contribution in [0.1, 0.15) is 11.1 Å². The molecule has 0 fully saturated rings.